The second-order valence-corrected chi connectivity index (χ2v) is 5.45. The van der Waals surface area contributed by atoms with E-state index in [0.717, 1.165) is 19.3 Å². The second-order valence-electron chi connectivity index (χ2n) is 3.93. The smallest absolute Gasteiger partial charge is 0.335 e. The fourth-order valence-corrected chi connectivity index (χ4v) is 2.26. The molecule has 0 radical (unpaired) electrons. The third kappa shape index (κ3) is 3.64. The van der Waals surface area contributed by atoms with Crippen molar-refractivity contribution in [2.24, 2.45) is 0 Å². The summed E-state index contributed by atoms with van der Waals surface area (Å²) < 4.78 is 10.9. The van der Waals surface area contributed by atoms with Gasteiger partial charge in [-0.3, -0.25) is 0 Å². The van der Waals surface area contributed by atoms with Crippen molar-refractivity contribution in [3.63, 3.8) is 0 Å². The van der Waals surface area contributed by atoms with Crippen molar-refractivity contribution in [2.45, 2.75) is 31.1 Å². The first-order valence-corrected chi connectivity index (χ1v) is 6.23. The molecule has 1 unspecified atom stereocenters. The number of ether oxygens (including phenoxy) is 2. The number of carbonyl (C=O) groups excluding carboxylic acids is 1. The highest BCUT2D eigenvalue weighted by molar-refractivity contribution is 6.14. The van der Waals surface area contributed by atoms with Crippen LogP contribution in [0.25, 0.3) is 0 Å². The van der Waals surface area contributed by atoms with Crippen LogP contribution in [0, 0.1) is 0 Å². The SMILES string of the molecule is C=CCC(=C)C(=O)OC1([SiH3])CCCCO1. The summed E-state index contributed by atoms with van der Waals surface area (Å²) in [6, 6.07) is 0. The van der Waals surface area contributed by atoms with Crippen molar-refractivity contribution in [1.82, 2.24) is 0 Å². The molecule has 0 N–H and O–H groups in total. The molecule has 1 fully saturated rings. The molecule has 0 amide bonds. The zero-order valence-corrected chi connectivity index (χ0v) is 11.3. The van der Waals surface area contributed by atoms with Gasteiger partial charge in [0.25, 0.3) is 0 Å². The number of hydrogen-bond donors (Lipinski definition) is 0. The molecule has 4 heteroatoms. The van der Waals surface area contributed by atoms with Gasteiger partial charge in [0.05, 0.1) is 16.8 Å². The summed E-state index contributed by atoms with van der Waals surface area (Å²) >= 11 is 0. The van der Waals surface area contributed by atoms with Crippen molar-refractivity contribution in [1.29, 1.82) is 0 Å². The standard InChI is InChI=1S/C11H18O3Si/c1-3-6-9(2)10(12)14-11(15)7-4-5-8-13-11/h3H,1-2,4-8H2,15H3. The molecular formula is C11H18O3Si. The summed E-state index contributed by atoms with van der Waals surface area (Å²) in [6.45, 7) is 7.90. The average molecular weight is 226 g/mol. The summed E-state index contributed by atoms with van der Waals surface area (Å²) in [4.78, 5) is 11.6. The highest BCUT2D eigenvalue weighted by Crippen LogP contribution is 2.24. The number of carbonyl (C=O) groups is 1. The lowest BCUT2D eigenvalue weighted by molar-refractivity contribution is -0.202. The minimum Gasteiger partial charge on any atom is -0.435 e. The molecule has 3 nitrogen and oxygen atoms in total. The predicted octanol–water partition coefficient (Wildman–Crippen LogP) is 0.882. The first kappa shape index (κ1) is 12.2. The van der Waals surface area contributed by atoms with Gasteiger partial charge in [0.15, 0.2) is 5.41 Å². The van der Waals surface area contributed by atoms with Crippen LogP contribution in [0.1, 0.15) is 25.7 Å². The fraction of sp³-hybridized carbons (Fsp3) is 0.545. The Hall–Kier alpha value is -0.873. The van der Waals surface area contributed by atoms with Gasteiger partial charge in [-0.15, -0.1) is 6.58 Å². The maximum Gasteiger partial charge on any atom is 0.335 e. The largest absolute Gasteiger partial charge is 0.435 e. The van der Waals surface area contributed by atoms with Crippen LogP contribution in [0.4, 0.5) is 0 Å². The van der Waals surface area contributed by atoms with Gasteiger partial charge in [0.1, 0.15) is 0 Å². The molecule has 1 atom stereocenters. The zero-order chi connectivity index (χ0) is 11.3. The van der Waals surface area contributed by atoms with Crippen LogP contribution in [0.15, 0.2) is 24.8 Å². The van der Waals surface area contributed by atoms with E-state index >= 15 is 0 Å². The number of esters is 1. The summed E-state index contributed by atoms with van der Waals surface area (Å²) in [7, 11) is 0.696. The van der Waals surface area contributed by atoms with Crippen LogP contribution in [-0.4, -0.2) is 28.2 Å². The molecule has 0 aliphatic carbocycles. The molecule has 1 aliphatic rings. The Kier molecular flexibility index (Phi) is 4.29. The van der Waals surface area contributed by atoms with Crippen LogP contribution in [-0.2, 0) is 14.3 Å². The van der Waals surface area contributed by atoms with E-state index < -0.39 is 5.41 Å². The fourth-order valence-electron chi connectivity index (χ4n) is 1.51. The van der Waals surface area contributed by atoms with E-state index in [1.807, 2.05) is 0 Å². The van der Waals surface area contributed by atoms with Crippen molar-refractivity contribution in [3.05, 3.63) is 24.8 Å². The van der Waals surface area contributed by atoms with Crippen molar-refractivity contribution in [3.8, 4) is 0 Å². The lowest BCUT2D eigenvalue weighted by atomic mass is 10.2. The van der Waals surface area contributed by atoms with Gasteiger partial charge in [-0.25, -0.2) is 4.79 Å². The van der Waals surface area contributed by atoms with Crippen molar-refractivity contribution in [2.75, 3.05) is 6.61 Å². The summed E-state index contributed by atoms with van der Waals surface area (Å²) in [5.41, 5.74) is -0.186. The van der Waals surface area contributed by atoms with Gasteiger partial charge in [0, 0.05) is 12.0 Å². The van der Waals surface area contributed by atoms with E-state index in [1.165, 1.54) is 0 Å². The Bertz CT molecular complexity index is 267. The second kappa shape index (κ2) is 5.28. The molecule has 84 valence electrons. The van der Waals surface area contributed by atoms with Crippen LogP contribution in [0.3, 0.4) is 0 Å². The van der Waals surface area contributed by atoms with Crippen LogP contribution in [0.2, 0.25) is 0 Å². The lowest BCUT2D eigenvalue weighted by Crippen LogP contribution is -2.41. The highest BCUT2D eigenvalue weighted by atomic mass is 28.1. The maximum absolute atomic E-state index is 11.6. The van der Waals surface area contributed by atoms with Gasteiger partial charge in [-0.05, 0) is 19.3 Å². The molecule has 0 aromatic heterocycles. The van der Waals surface area contributed by atoms with E-state index in [0.29, 0.717) is 28.8 Å². The van der Waals surface area contributed by atoms with E-state index in [1.54, 1.807) is 6.08 Å². The van der Waals surface area contributed by atoms with Crippen molar-refractivity contribution < 1.29 is 14.3 Å². The first-order valence-electron chi connectivity index (χ1n) is 5.23. The monoisotopic (exact) mass is 226 g/mol. The van der Waals surface area contributed by atoms with E-state index in [4.69, 9.17) is 9.47 Å². The van der Waals surface area contributed by atoms with Gasteiger partial charge in [-0.2, -0.15) is 0 Å². The van der Waals surface area contributed by atoms with Gasteiger partial charge < -0.3 is 9.47 Å². The Morgan fingerprint density at radius 3 is 2.87 bits per heavy atom. The van der Waals surface area contributed by atoms with Crippen LogP contribution in [0.5, 0.6) is 0 Å². The highest BCUT2D eigenvalue weighted by Gasteiger charge is 2.31. The lowest BCUT2D eigenvalue weighted by Gasteiger charge is -2.33. The van der Waals surface area contributed by atoms with Crippen LogP contribution < -0.4 is 0 Å². The molecule has 0 spiro atoms. The predicted molar refractivity (Wildman–Crippen MR) is 62.5 cm³/mol. The van der Waals surface area contributed by atoms with Gasteiger partial charge in [0.2, 0.25) is 0 Å². The van der Waals surface area contributed by atoms with Gasteiger partial charge in [-0.1, -0.05) is 12.7 Å². The molecule has 0 bridgehead atoms. The molecular weight excluding hydrogens is 208 g/mol. The first-order chi connectivity index (χ1) is 7.07. The summed E-state index contributed by atoms with van der Waals surface area (Å²) in [5, 5.41) is 0. The quantitative estimate of drug-likeness (QED) is 0.309. The molecule has 1 saturated heterocycles. The Morgan fingerprint density at radius 1 is 1.60 bits per heavy atom. The Morgan fingerprint density at radius 2 is 2.33 bits per heavy atom. The molecule has 1 heterocycles. The molecule has 0 aromatic carbocycles. The minimum absolute atomic E-state index is 0.355. The molecule has 0 saturated carbocycles. The third-order valence-corrected chi connectivity index (χ3v) is 3.41. The zero-order valence-electron chi connectivity index (χ0n) is 9.25. The third-order valence-electron chi connectivity index (χ3n) is 2.42. The molecule has 1 rings (SSSR count). The average Bonchev–Trinajstić information content (AvgIpc) is 2.18. The molecule has 1 aliphatic heterocycles. The minimum atomic E-state index is -0.626. The Balaban J connectivity index is 2.48. The Labute approximate surface area is 93.6 Å². The molecule has 15 heavy (non-hydrogen) atoms. The summed E-state index contributed by atoms with van der Waals surface area (Å²) in [6.07, 6.45) is 5.04. The van der Waals surface area contributed by atoms with E-state index in [-0.39, 0.29) is 5.97 Å². The van der Waals surface area contributed by atoms with Gasteiger partial charge >= 0.3 is 5.97 Å². The number of hydrogen-bond acceptors (Lipinski definition) is 3. The normalized spacial score (nSPS) is 25.9. The molecule has 0 aromatic rings. The number of allylic oxidation sites excluding steroid dienone is 1. The van der Waals surface area contributed by atoms with Crippen LogP contribution >= 0.6 is 0 Å². The van der Waals surface area contributed by atoms with E-state index in [9.17, 15) is 4.79 Å². The summed E-state index contributed by atoms with van der Waals surface area (Å²) in [5.74, 6) is -0.355. The van der Waals surface area contributed by atoms with Crippen molar-refractivity contribution >= 4 is 16.2 Å². The van der Waals surface area contributed by atoms with E-state index in [2.05, 4.69) is 13.2 Å². The topological polar surface area (TPSA) is 35.5 Å². The maximum atomic E-state index is 11.6. The number of rotatable bonds is 4.